The molecule has 37 heavy (non-hydrogen) atoms. The quantitative estimate of drug-likeness (QED) is 0.177. The molecule has 0 spiro atoms. The van der Waals surface area contributed by atoms with Crippen LogP contribution in [0.15, 0.2) is 107 Å². The van der Waals surface area contributed by atoms with E-state index < -0.39 is 0 Å². The molecule has 7 heteroatoms. The van der Waals surface area contributed by atoms with Gasteiger partial charge in [-0.15, -0.1) is 17.9 Å². The van der Waals surface area contributed by atoms with Gasteiger partial charge in [-0.3, -0.25) is 9.69 Å². The monoisotopic (exact) mass is 523 g/mol. The Balaban J connectivity index is 1.30. The van der Waals surface area contributed by atoms with E-state index in [0.29, 0.717) is 28.4 Å². The van der Waals surface area contributed by atoms with Gasteiger partial charge in [0.05, 0.1) is 10.6 Å². The summed E-state index contributed by atoms with van der Waals surface area (Å²) in [6.07, 6.45) is 3.58. The van der Waals surface area contributed by atoms with Crippen LogP contribution in [0.4, 0.5) is 5.13 Å². The number of aromatic nitrogens is 1. The Morgan fingerprint density at radius 1 is 1.03 bits per heavy atom. The Kier molecular flexibility index (Phi) is 7.63. The summed E-state index contributed by atoms with van der Waals surface area (Å²) in [4.78, 5) is 24.7. The first-order valence-corrected chi connectivity index (χ1v) is 13.5. The van der Waals surface area contributed by atoms with E-state index in [2.05, 4.69) is 42.8 Å². The van der Waals surface area contributed by atoms with Crippen molar-refractivity contribution in [3.63, 3.8) is 0 Å². The van der Waals surface area contributed by atoms with Crippen molar-refractivity contribution in [2.45, 2.75) is 13.5 Å². The molecule has 0 N–H and O–H groups in total. The summed E-state index contributed by atoms with van der Waals surface area (Å²) in [5, 5.41) is 3.19. The van der Waals surface area contributed by atoms with E-state index in [1.165, 1.54) is 28.7 Å². The second-order valence-electron chi connectivity index (χ2n) is 8.43. The van der Waals surface area contributed by atoms with E-state index in [1.54, 1.807) is 11.0 Å². The van der Waals surface area contributed by atoms with E-state index in [-0.39, 0.29) is 5.91 Å². The van der Waals surface area contributed by atoms with E-state index in [1.807, 2.05) is 66.1 Å². The van der Waals surface area contributed by atoms with Gasteiger partial charge in [0, 0.05) is 17.5 Å². The number of thiazole rings is 1. The summed E-state index contributed by atoms with van der Waals surface area (Å²) < 4.78 is 5.91. The maximum atomic E-state index is 13.1. The number of rotatable bonds is 8. The number of aliphatic imine (C=N–C) groups is 1. The fourth-order valence-corrected chi connectivity index (χ4v) is 5.43. The predicted molar refractivity (Wildman–Crippen MR) is 154 cm³/mol. The lowest BCUT2D eigenvalue weighted by atomic mass is 10.1. The number of thioether (sulfide) groups is 1. The van der Waals surface area contributed by atoms with Crippen LogP contribution in [0.3, 0.4) is 0 Å². The summed E-state index contributed by atoms with van der Waals surface area (Å²) in [5.41, 5.74) is 5.17. The molecular weight excluding hydrogens is 498 g/mol. The molecular formula is C30H25N3O2S2. The topological polar surface area (TPSA) is 54.8 Å². The van der Waals surface area contributed by atoms with Crippen molar-refractivity contribution >= 4 is 45.4 Å². The SMILES string of the molecule is C=CCN1C(=O)/C(=C/c2ccc(OCc3ccc(C)cc3)cc2)S/C1=N/c1nc(-c2ccccc2)cs1. The molecule has 0 saturated carbocycles. The van der Waals surface area contributed by atoms with Gasteiger partial charge >= 0.3 is 0 Å². The molecule has 0 unspecified atom stereocenters. The van der Waals surface area contributed by atoms with Gasteiger partial charge < -0.3 is 4.74 Å². The Hall–Kier alpha value is -3.94. The van der Waals surface area contributed by atoms with Crippen LogP contribution in [0.2, 0.25) is 0 Å². The summed E-state index contributed by atoms with van der Waals surface area (Å²) in [5.74, 6) is 0.685. The van der Waals surface area contributed by atoms with Crippen LogP contribution in [0.1, 0.15) is 16.7 Å². The summed E-state index contributed by atoms with van der Waals surface area (Å²) in [6.45, 7) is 6.76. The van der Waals surface area contributed by atoms with Crippen molar-refractivity contribution in [1.29, 1.82) is 0 Å². The normalized spacial score (nSPS) is 15.5. The minimum atomic E-state index is -0.0943. The highest BCUT2D eigenvalue weighted by Crippen LogP contribution is 2.35. The van der Waals surface area contributed by atoms with Gasteiger partial charge in [0.1, 0.15) is 12.4 Å². The van der Waals surface area contributed by atoms with Crippen molar-refractivity contribution in [2.75, 3.05) is 6.54 Å². The molecule has 3 aromatic carbocycles. The molecule has 2 heterocycles. The first kappa shape index (κ1) is 24.7. The molecule has 1 amide bonds. The molecule has 0 aliphatic carbocycles. The number of carbonyl (C=O) groups is 1. The number of hydrogen-bond donors (Lipinski definition) is 0. The third kappa shape index (κ3) is 6.07. The van der Waals surface area contributed by atoms with Gasteiger partial charge in [0.25, 0.3) is 5.91 Å². The fourth-order valence-electron chi connectivity index (χ4n) is 3.68. The number of amides is 1. The maximum Gasteiger partial charge on any atom is 0.267 e. The zero-order chi connectivity index (χ0) is 25.6. The summed E-state index contributed by atoms with van der Waals surface area (Å²) in [7, 11) is 0. The lowest BCUT2D eigenvalue weighted by Crippen LogP contribution is -2.29. The number of hydrogen-bond acceptors (Lipinski definition) is 6. The standard InChI is InChI=1S/C30H25N3O2S2/c1-3-17-33-28(34)27(37-30(33)32-29-31-26(20-36-29)24-7-5-4-6-8-24)18-22-13-15-25(16-14-22)35-19-23-11-9-21(2)10-12-23/h3-16,18,20H,1,17,19H2,2H3/b27-18-,32-30+. The zero-order valence-corrected chi connectivity index (χ0v) is 22.0. The molecule has 5 nitrogen and oxygen atoms in total. The third-order valence-electron chi connectivity index (χ3n) is 5.66. The van der Waals surface area contributed by atoms with Crippen LogP contribution in [0.5, 0.6) is 5.75 Å². The van der Waals surface area contributed by atoms with Gasteiger partial charge in [0.2, 0.25) is 5.13 Å². The maximum absolute atomic E-state index is 13.1. The fraction of sp³-hybridized carbons (Fsp3) is 0.100. The molecule has 184 valence electrons. The number of benzene rings is 3. The Bertz CT molecular complexity index is 1460. The zero-order valence-electron chi connectivity index (χ0n) is 20.3. The summed E-state index contributed by atoms with van der Waals surface area (Å²) >= 11 is 2.80. The van der Waals surface area contributed by atoms with Crippen LogP contribution in [-0.4, -0.2) is 27.5 Å². The Labute approximate surface area is 224 Å². The minimum Gasteiger partial charge on any atom is -0.489 e. The first-order chi connectivity index (χ1) is 18.1. The van der Waals surface area contributed by atoms with Crippen LogP contribution in [0, 0.1) is 6.92 Å². The van der Waals surface area contributed by atoms with Gasteiger partial charge in [-0.25, -0.2) is 4.98 Å². The van der Waals surface area contributed by atoms with Gasteiger partial charge in [0.15, 0.2) is 5.17 Å². The van der Waals surface area contributed by atoms with Crippen LogP contribution in [0.25, 0.3) is 17.3 Å². The lowest BCUT2D eigenvalue weighted by molar-refractivity contribution is -0.121. The van der Waals surface area contributed by atoms with Crippen molar-refractivity contribution in [2.24, 2.45) is 4.99 Å². The third-order valence-corrected chi connectivity index (χ3v) is 7.40. The second-order valence-corrected chi connectivity index (χ2v) is 10.3. The highest BCUT2D eigenvalue weighted by molar-refractivity contribution is 8.18. The van der Waals surface area contributed by atoms with Crippen molar-refractivity contribution in [3.8, 4) is 17.0 Å². The molecule has 0 bridgehead atoms. The van der Waals surface area contributed by atoms with Crippen LogP contribution < -0.4 is 4.74 Å². The van der Waals surface area contributed by atoms with E-state index in [0.717, 1.165) is 28.1 Å². The van der Waals surface area contributed by atoms with Crippen LogP contribution >= 0.6 is 23.1 Å². The highest BCUT2D eigenvalue weighted by atomic mass is 32.2. The highest BCUT2D eigenvalue weighted by Gasteiger charge is 2.32. The van der Waals surface area contributed by atoms with Gasteiger partial charge in [-0.1, -0.05) is 78.4 Å². The number of carbonyl (C=O) groups excluding carboxylic acids is 1. The average molecular weight is 524 g/mol. The van der Waals surface area contributed by atoms with Crippen LogP contribution in [-0.2, 0) is 11.4 Å². The first-order valence-electron chi connectivity index (χ1n) is 11.8. The molecule has 1 saturated heterocycles. The molecule has 1 aliphatic heterocycles. The second kappa shape index (κ2) is 11.4. The number of ether oxygens (including phenoxy) is 1. The number of aryl methyl sites for hydroxylation is 1. The van der Waals surface area contributed by atoms with Gasteiger partial charge in [-0.2, -0.15) is 4.99 Å². The predicted octanol–water partition coefficient (Wildman–Crippen LogP) is 7.49. The lowest BCUT2D eigenvalue weighted by Gasteiger charge is -2.11. The van der Waals surface area contributed by atoms with E-state index in [4.69, 9.17) is 9.73 Å². The number of nitrogens with zero attached hydrogens (tertiary/aromatic N) is 3. The Morgan fingerprint density at radius 2 is 1.78 bits per heavy atom. The average Bonchev–Trinajstić information content (AvgIpc) is 3.50. The van der Waals surface area contributed by atoms with E-state index in [9.17, 15) is 4.79 Å². The molecule has 0 atom stereocenters. The smallest absolute Gasteiger partial charge is 0.267 e. The van der Waals surface area contributed by atoms with Gasteiger partial charge in [-0.05, 0) is 48.0 Å². The van der Waals surface area contributed by atoms with Crippen molar-refractivity contribution in [3.05, 3.63) is 118 Å². The molecule has 5 rings (SSSR count). The molecule has 1 aromatic heterocycles. The molecule has 0 radical (unpaired) electrons. The Morgan fingerprint density at radius 3 is 2.51 bits per heavy atom. The van der Waals surface area contributed by atoms with Crippen molar-refractivity contribution < 1.29 is 9.53 Å². The number of amidine groups is 1. The van der Waals surface area contributed by atoms with Crippen molar-refractivity contribution in [1.82, 2.24) is 9.88 Å². The largest absolute Gasteiger partial charge is 0.489 e. The summed E-state index contributed by atoms with van der Waals surface area (Å²) in [6, 6.07) is 26.0. The van der Waals surface area contributed by atoms with E-state index >= 15 is 0 Å². The molecule has 1 fully saturated rings. The molecule has 4 aromatic rings. The minimum absolute atomic E-state index is 0.0943. The molecule has 1 aliphatic rings.